The molecule has 1 aliphatic carbocycles. The third-order valence-corrected chi connectivity index (χ3v) is 6.76. The van der Waals surface area contributed by atoms with E-state index in [9.17, 15) is 4.79 Å². The van der Waals surface area contributed by atoms with Crippen molar-refractivity contribution in [2.75, 3.05) is 0 Å². The summed E-state index contributed by atoms with van der Waals surface area (Å²) in [5.41, 5.74) is 2.30. The van der Waals surface area contributed by atoms with E-state index in [2.05, 4.69) is 26.0 Å². The van der Waals surface area contributed by atoms with Crippen LogP contribution in [-0.4, -0.2) is 23.3 Å². The molecule has 24 heavy (non-hydrogen) atoms. The average molecular weight is 326 g/mol. The molecule has 0 spiro atoms. The number of aliphatic carboxylic acids is 1. The van der Waals surface area contributed by atoms with Crippen LogP contribution in [0.5, 0.6) is 0 Å². The Balaban J connectivity index is 1.63. The van der Waals surface area contributed by atoms with Crippen molar-refractivity contribution in [3.05, 3.63) is 41.5 Å². The summed E-state index contributed by atoms with van der Waals surface area (Å²) in [7, 11) is 0. The zero-order chi connectivity index (χ0) is 16.8. The molecule has 3 nitrogen and oxygen atoms in total. The topological polar surface area (TPSA) is 46.5 Å². The zero-order valence-electron chi connectivity index (χ0n) is 14.4. The Morgan fingerprint density at radius 2 is 1.88 bits per heavy atom. The molecule has 1 N–H and O–H groups in total. The molecule has 0 amide bonds. The summed E-state index contributed by atoms with van der Waals surface area (Å²) >= 11 is 0. The van der Waals surface area contributed by atoms with Gasteiger partial charge in [-0.25, -0.2) is 4.79 Å². The first-order valence-electron chi connectivity index (χ1n) is 9.21. The molecule has 3 aliphatic rings. The van der Waals surface area contributed by atoms with Crippen LogP contribution in [0.1, 0.15) is 50.2 Å². The van der Waals surface area contributed by atoms with E-state index < -0.39 is 5.97 Å². The van der Waals surface area contributed by atoms with Crippen LogP contribution in [0.25, 0.3) is 6.08 Å². The first-order valence-corrected chi connectivity index (χ1v) is 9.21. The summed E-state index contributed by atoms with van der Waals surface area (Å²) in [5.74, 6) is 2.55. The van der Waals surface area contributed by atoms with Crippen molar-refractivity contribution in [3.8, 4) is 0 Å². The molecule has 4 rings (SSSR count). The molecule has 7 atom stereocenters. The summed E-state index contributed by atoms with van der Waals surface area (Å²) in [4.78, 5) is 10.7. The van der Waals surface area contributed by atoms with E-state index >= 15 is 0 Å². The van der Waals surface area contributed by atoms with Gasteiger partial charge in [-0.3, -0.25) is 0 Å². The van der Waals surface area contributed by atoms with E-state index in [4.69, 9.17) is 9.84 Å². The lowest BCUT2D eigenvalue weighted by Gasteiger charge is -2.41. The van der Waals surface area contributed by atoms with Crippen molar-refractivity contribution >= 4 is 12.0 Å². The van der Waals surface area contributed by atoms with E-state index in [0.717, 1.165) is 23.3 Å². The predicted molar refractivity (Wildman–Crippen MR) is 93.7 cm³/mol. The Bertz CT molecular complexity index is 648. The molecule has 3 fully saturated rings. The fraction of sp³-hybridized carbons (Fsp3) is 0.571. The van der Waals surface area contributed by atoms with Gasteiger partial charge in [0.15, 0.2) is 0 Å². The Morgan fingerprint density at radius 3 is 2.58 bits per heavy atom. The normalized spacial score (nSPS) is 40.8. The first-order chi connectivity index (χ1) is 11.5. The number of carbonyl (C=O) groups is 1. The van der Waals surface area contributed by atoms with Crippen molar-refractivity contribution < 1.29 is 14.6 Å². The van der Waals surface area contributed by atoms with Gasteiger partial charge in [0, 0.05) is 12.0 Å². The van der Waals surface area contributed by atoms with Crippen molar-refractivity contribution in [2.45, 2.75) is 51.2 Å². The highest BCUT2D eigenvalue weighted by atomic mass is 16.5. The number of fused-ring (bicyclic) bond motifs is 4. The molecule has 0 radical (unpaired) electrons. The molecular formula is C21H26O3. The van der Waals surface area contributed by atoms with Crippen LogP contribution in [0, 0.1) is 23.7 Å². The molecule has 7 unspecified atom stereocenters. The lowest BCUT2D eigenvalue weighted by molar-refractivity contribution is -0.131. The fourth-order valence-electron chi connectivity index (χ4n) is 5.51. The molecule has 128 valence electrons. The number of ether oxygens (including phenoxy) is 1. The highest BCUT2D eigenvalue weighted by Crippen LogP contribution is 2.58. The monoisotopic (exact) mass is 326 g/mol. The second-order valence-corrected chi connectivity index (χ2v) is 7.97. The van der Waals surface area contributed by atoms with Crippen molar-refractivity contribution in [1.29, 1.82) is 0 Å². The van der Waals surface area contributed by atoms with Crippen LogP contribution in [-0.2, 0) is 9.53 Å². The second-order valence-electron chi connectivity index (χ2n) is 7.97. The van der Waals surface area contributed by atoms with Crippen LogP contribution in [0.4, 0.5) is 0 Å². The van der Waals surface area contributed by atoms with Gasteiger partial charge >= 0.3 is 5.97 Å². The molecule has 1 aromatic carbocycles. The van der Waals surface area contributed by atoms with Crippen LogP contribution < -0.4 is 0 Å². The van der Waals surface area contributed by atoms with Gasteiger partial charge in [-0.2, -0.15) is 0 Å². The van der Waals surface area contributed by atoms with Crippen molar-refractivity contribution in [1.82, 2.24) is 0 Å². The van der Waals surface area contributed by atoms with Gasteiger partial charge in [0.1, 0.15) is 0 Å². The number of benzene rings is 1. The minimum atomic E-state index is -0.909. The summed E-state index contributed by atoms with van der Waals surface area (Å²) in [6.07, 6.45) is 7.41. The third-order valence-electron chi connectivity index (χ3n) is 6.76. The Labute approximate surface area is 143 Å². The highest BCUT2D eigenvalue weighted by Gasteiger charge is 2.55. The predicted octanol–water partition coefficient (Wildman–Crippen LogP) is 4.34. The SMILES string of the molecule is CC1CC2C3CCC(O3)C(c3ccc(C=CC(=O)O)cc3)C2C1C. The summed E-state index contributed by atoms with van der Waals surface area (Å²) in [6.45, 7) is 4.82. The van der Waals surface area contributed by atoms with Crippen LogP contribution in [0.2, 0.25) is 0 Å². The van der Waals surface area contributed by atoms with E-state index in [1.807, 2.05) is 12.1 Å². The maximum atomic E-state index is 10.7. The lowest BCUT2D eigenvalue weighted by Crippen LogP contribution is -2.40. The maximum Gasteiger partial charge on any atom is 0.328 e. The van der Waals surface area contributed by atoms with Gasteiger partial charge in [-0.15, -0.1) is 0 Å². The number of rotatable bonds is 3. The maximum absolute atomic E-state index is 10.7. The number of hydrogen-bond acceptors (Lipinski definition) is 2. The van der Waals surface area contributed by atoms with Gasteiger partial charge < -0.3 is 9.84 Å². The number of carboxylic acid groups (broad SMARTS) is 1. The van der Waals surface area contributed by atoms with Gasteiger partial charge in [-0.05, 0) is 60.1 Å². The molecule has 1 aromatic rings. The second kappa shape index (κ2) is 6.03. The molecule has 2 bridgehead atoms. The van der Waals surface area contributed by atoms with E-state index in [0.29, 0.717) is 24.0 Å². The smallest absolute Gasteiger partial charge is 0.328 e. The minimum absolute atomic E-state index is 0.365. The summed E-state index contributed by atoms with van der Waals surface area (Å²) in [5, 5.41) is 8.76. The zero-order valence-corrected chi connectivity index (χ0v) is 14.4. The number of hydrogen-bond donors (Lipinski definition) is 1. The Morgan fingerprint density at radius 1 is 1.17 bits per heavy atom. The Hall–Kier alpha value is -1.61. The highest BCUT2D eigenvalue weighted by molar-refractivity contribution is 5.85. The molecule has 2 saturated heterocycles. The van der Waals surface area contributed by atoms with Gasteiger partial charge in [0.25, 0.3) is 0 Å². The lowest BCUT2D eigenvalue weighted by atomic mass is 9.71. The number of carboxylic acids is 1. The first kappa shape index (κ1) is 15.9. The van der Waals surface area contributed by atoms with E-state index in [1.54, 1.807) is 6.08 Å². The van der Waals surface area contributed by atoms with E-state index in [-0.39, 0.29) is 0 Å². The fourth-order valence-corrected chi connectivity index (χ4v) is 5.51. The van der Waals surface area contributed by atoms with Gasteiger partial charge in [0.05, 0.1) is 12.2 Å². The Kier molecular flexibility index (Phi) is 4.00. The van der Waals surface area contributed by atoms with Crippen molar-refractivity contribution in [2.24, 2.45) is 23.7 Å². The van der Waals surface area contributed by atoms with E-state index in [1.165, 1.54) is 30.9 Å². The molecule has 1 saturated carbocycles. The summed E-state index contributed by atoms with van der Waals surface area (Å²) < 4.78 is 6.39. The van der Waals surface area contributed by atoms with Crippen LogP contribution in [0.3, 0.4) is 0 Å². The van der Waals surface area contributed by atoms with Crippen molar-refractivity contribution in [3.63, 3.8) is 0 Å². The minimum Gasteiger partial charge on any atom is -0.478 e. The quantitative estimate of drug-likeness (QED) is 0.841. The molecule has 3 heteroatoms. The van der Waals surface area contributed by atoms with Crippen LogP contribution in [0.15, 0.2) is 30.3 Å². The van der Waals surface area contributed by atoms with Crippen LogP contribution >= 0.6 is 0 Å². The molecule has 0 aromatic heterocycles. The average Bonchev–Trinajstić information content (AvgIpc) is 3.12. The summed E-state index contributed by atoms with van der Waals surface area (Å²) in [6, 6.07) is 8.43. The standard InChI is InChI=1S/C21H26O3/c1-12-11-16-17-8-9-18(24-17)21(20(16)13(12)2)15-6-3-14(4-7-15)5-10-19(22)23/h3-7,10,12-13,16-18,20-21H,8-9,11H2,1-2H3,(H,22,23). The molecule has 2 heterocycles. The molecule has 2 aliphatic heterocycles. The van der Waals surface area contributed by atoms with Gasteiger partial charge in [-0.1, -0.05) is 38.1 Å². The third kappa shape index (κ3) is 2.59. The van der Waals surface area contributed by atoms with Gasteiger partial charge in [0.2, 0.25) is 0 Å². The molecular weight excluding hydrogens is 300 g/mol. The largest absolute Gasteiger partial charge is 0.478 e.